The van der Waals surface area contributed by atoms with E-state index in [0.717, 1.165) is 21.8 Å². The zero-order valence-corrected chi connectivity index (χ0v) is 16.0. The molecule has 0 fully saturated rings. The molecule has 7 nitrogen and oxygen atoms in total. The van der Waals surface area contributed by atoms with Gasteiger partial charge in [0.05, 0.1) is 6.04 Å². The van der Waals surface area contributed by atoms with Crippen LogP contribution in [0, 0.1) is 0 Å². The number of nitrogens with zero attached hydrogens (tertiary/aromatic N) is 1. The summed E-state index contributed by atoms with van der Waals surface area (Å²) in [5.41, 5.74) is 0.752. The third-order valence-corrected chi connectivity index (χ3v) is 6.70. The van der Waals surface area contributed by atoms with Crippen LogP contribution in [0.1, 0.15) is 19.4 Å². The zero-order chi connectivity index (χ0) is 19.3. The number of nitrogens with one attached hydrogen (secondary N) is 1. The first-order valence-corrected chi connectivity index (χ1v) is 10.2. The number of carboxylic acids is 1. The Balaban J connectivity index is 2.20. The molecule has 26 heavy (non-hydrogen) atoms. The third kappa shape index (κ3) is 4.90. The quantitative estimate of drug-likeness (QED) is 0.709. The fourth-order valence-electron chi connectivity index (χ4n) is 2.33. The number of benzene rings is 1. The van der Waals surface area contributed by atoms with Gasteiger partial charge in [0.1, 0.15) is 10.3 Å². The van der Waals surface area contributed by atoms with Crippen molar-refractivity contribution in [3.05, 3.63) is 53.4 Å². The summed E-state index contributed by atoms with van der Waals surface area (Å²) in [6.45, 7) is 2.86. The Kier molecular flexibility index (Phi) is 6.52. The molecule has 0 aliphatic rings. The Labute approximate surface area is 156 Å². The van der Waals surface area contributed by atoms with E-state index in [1.807, 2.05) is 6.07 Å². The van der Waals surface area contributed by atoms with E-state index < -0.39 is 34.0 Å². The standard InChI is InChI=1S/C17H20N2O5S2/c1-12(18-26(23,24)15-9-6-10-25-15)16(20)19(13(2)17(21)22)11-14-7-4-3-5-8-14/h3-10,12-13,18H,11H2,1-2H3,(H,21,22). The Morgan fingerprint density at radius 2 is 1.81 bits per heavy atom. The fourth-order valence-corrected chi connectivity index (χ4v) is 4.53. The van der Waals surface area contributed by atoms with Gasteiger partial charge >= 0.3 is 5.97 Å². The molecule has 0 saturated heterocycles. The molecule has 2 unspecified atom stereocenters. The molecule has 2 N–H and O–H groups in total. The maximum Gasteiger partial charge on any atom is 0.326 e. The number of sulfonamides is 1. The molecule has 140 valence electrons. The van der Waals surface area contributed by atoms with Gasteiger partial charge in [-0.2, -0.15) is 4.72 Å². The van der Waals surface area contributed by atoms with E-state index in [4.69, 9.17) is 0 Å². The smallest absolute Gasteiger partial charge is 0.326 e. The maximum absolute atomic E-state index is 12.8. The SMILES string of the molecule is CC(NS(=O)(=O)c1cccs1)C(=O)N(Cc1ccccc1)C(C)C(=O)O. The Morgan fingerprint density at radius 1 is 1.15 bits per heavy atom. The summed E-state index contributed by atoms with van der Waals surface area (Å²) in [4.78, 5) is 25.3. The first-order valence-electron chi connectivity index (χ1n) is 7.85. The van der Waals surface area contributed by atoms with E-state index in [1.54, 1.807) is 35.7 Å². The predicted molar refractivity (Wildman–Crippen MR) is 98.2 cm³/mol. The molecule has 0 spiro atoms. The molecule has 1 amide bonds. The largest absolute Gasteiger partial charge is 0.480 e. The van der Waals surface area contributed by atoms with Crippen molar-refractivity contribution in [3.8, 4) is 0 Å². The molecule has 0 radical (unpaired) electrons. The zero-order valence-electron chi connectivity index (χ0n) is 14.3. The Hall–Kier alpha value is -2.23. The molecule has 1 aromatic heterocycles. The topological polar surface area (TPSA) is 104 Å². The number of carbonyl (C=O) groups excluding carboxylic acids is 1. The molecule has 0 aliphatic heterocycles. The highest BCUT2D eigenvalue weighted by atomic mass is 32.2. The van der Waals surface area contributed by atoms with Crippen molar-refractivity contribution in [1.82, 2.24) is 9.62 Å². The van der Waals surface area contributed by atoms with E-state index in [-0.39, 0.29) is 10.8 Å². The van der Waals surface area contributed by atoms with Crippen molar-refractivity contribution in [1.29, 1.82) is 0 Å². The molecule has 1 aromatic carbocycles. The van der Waals surface area contributed by atoms with Crippen LogP contribution in [0.25, 0.3) is 0 Å². The van der Waals surface area contributed by atoms with Crippen molar-refractivity contribution < 1.29 is 23.1 Å². The molecule has 2 rings (SSSR count). The van der Waals surface area contributed by atoms with Crippen molar-refractivity contribution in [3.63, 3.8) is 0 Å². The molecule has 2 atom stereocenters. The van der Waals surface area contributed by atoms with Gasteiger partial charge in [-0.15, -0.1) is 11.3 Å². The van der Waals surface area contributed by atoms with E-state index in [2.05, 4.69) is 4.72 Å². The van der Waals surface area contributed by atoms with Crippen LogP contribution in [0.5, 0.6) is 0 Å². The van der Waals surface area contributed by atoms with Gasteiger partial charge in [0.2, 0.25) is 5.91 Å². The third-order valence-electron chi connectivity index (χ3n) is 3.77. The van der Waals surface area contributed by atoms with Gasteiger partial charge in [0.25, 0.3) is 10.0 Å². The number of rotatable bonds is 8. The van der Waals surface area contributed by atoms with Gasteiger partial charge in [-0.1, -0.05) is 36.4 Å². The second-order valence-electron chi connectivity index (χ2n) is 5.74. The summed E-state index contributed by atoms with van der Waals surface area (Å²) in [5, 5.41) is 10.9. The van der Waals surface area contributed by atoms with Crippen LogP contribution in [0.4, 0.5) is 0 Å². The molecular formula is C17H20N2O5S2. The highest BCUT2D eigenvalue weighted by Gasteiger charge is 2.31. The second-order valence-corrected chi connectivity index (χ2v) is 8.63. The van der Waals surface area contributed by atoms with Crippen molar-refractivity contribution in [2.24, 2.45) is 0 Å². The number of hydrogen-bond acceptors (Lipinski definition) is 5. The summed E-state index contributed by atoms with van der Waals surface area (Å²) < 4.78 is 27.0. The molecule has 0 aliphatic carbocycles. The minimum Gasteiger partial charge on any atom is -0.480 e. The van der Waals surface area contributed by atoms with Gasteiger partial charge in [-0.25, -0.2) is 13.2 Å². The fraction of sp³-hybridized carbons (Fsp3) is 0.294. The number of carbonyl (C=O) groups is 2. The lowest BCUT2D eigenvalue weighted by molar-refractivity contribution is -0.150. The van der Waals surface area contributed by atoms with E-state index >= 15 is 0 Å². The highest BCUT2D eigenvalue weighted by Crippen LogP contribution is 2.17. The maximum atomic E-state index is 12.8. The average molecular weight is 396 g/mol. The molecule has 9 heteroatoms. The van der Waals surface area contributed by atoms with Crippen LogP contribution in [-0.2, 0) is 26.2 Å². The Bertz CT molecular complexity index is 851. The van der Waals surface area contributed by atoms with Crippen LogP contribution in [0.2, 0.25) is 0 Å². The normalized spacial score (nSPS) is 13.8. The number of thiophene rings is 1. The lowest BCUT2D eigenvalue weighted by Gasteiger charge is -2.29. The number of aliphatic carboxylic acids is 1. The van der Waals surface area contributed by atoms with Crippen LogP contribution in [-0.4, -0.2) is 42.4 Å². The van der Waals surface area contributed by atoms with Gasteiger partial charge in [-0.05, 0) is 30.9 Å². The van der Waals surface area contributed by atoms with Crippen molar-refractivity contribution in [2.45, 2.75) is 36.7 Å². The first-order chi connectivity index (χ1) is 12.2. The van der Waals surface area contributed by atoms with Gasteiger partial charge in [-0.3, -0.25) is 4.79 Å². The average Bonchev–Trinajstić information content (AvgIpc) is 3.14. The minimum atomic E-state index is -3.84. The summed E-state index contributed by atoms with van der Waals surface area (Å²) in [7, 11) is -3.84. The monoisotopic (exact) mass is 396 g/mol. The summed E-state index contributed by atoms with van der Waals surface area (Å²) in [6.07, 6.45) is 0. The van der Waals surface area contributed by atoms with Crippen LogP contribution in [0.15, 0.2) is 52.1 Å². The predicted octanol–water partition coefficient (Wildman–Crippen LogP) is 1.92. The van der Waals surface area contributed by atoms with Gasteiger partial charge in [0.15, 0.2) is 0 Å². The van der Waals surface area contributed by atoms with E-state index in [0.29, 0.717) is 0 Å². The highest BCUT2D eigenvalue weighted by molar-refractivity contribution is 7.91. The lowest BCUT2D eigenvalue weighted by Crippen LogP contribution is -2.51. The first kappa shape index (κ1) is 20.1. The second kappa shape index (κ2) is 8.43. The summed E-state index contributed by atoms with van der Waals surface area (Å²) in [5.74, 6) is -1.77. The molecule has 1 heterocycles. The van der Waals surface area contributed by atoms with Gasteiger partial charge in [0, 0.05) is 6.54 Å². The number of hydrogen-bond donors (Lipinski definition) is 2. The van der Waals surface area contributed by atoms with E-state index in [9.17, 15) is 23.1 Å². The lowest BCUT2D eigenvalue weighted by atomic mass is 10.1. The summed E-state index contributed by atoms with van der Waals surface area (Å²) in [6, 6.07) is 9.76. The van der Waals surface area contributed by atoms with Crippen molar-refractivity contribution in [2.75, 3.05) is 0 Å². The number of amides is 1. The minimum absolute atomic E-state index is 0.0677. The summed E-state index contributed by atoms with van der Waals surface area (Å²) >= 11 is 1.04. The van der Waals surface area contributed by atoms with Crippen LogP contribution in [0.3, 0.4) is 0 Å². The van der Waals surface area contributed by atoms with Crippen LogP contribution >= 0.6 is 11.3 Å². The number of carboxylic acid groups (broad SMARTS) is 1. The van der Waals surface area contributed by atoms with Crippen molar-refractivity contribution >= 4 is 33.2 Å². The van der Waals surface area contributed by atoms with Crippen LogP contribution < -0.4 is 4.72 Å². The molecular weight excluding hydrogens is 376 g/mol. The van der Waals surface area contributed by atoms with E-state index in [1.165, 1.54) is 19.9 Å². The molecule has 0 saturated carbocycles. The Morgan fingerprint density at radius 3 is 2.35 bits per heavy atom. The van der Waals surface area contributed by atoms with Gasteiger partial charge < -0.3 is 10.0 Å². The molecule has 2 aromatic rings. The molecule has 0 bridgehead atoms.